The predicted octanol–water partition coefficient (Wildman–Crippen LogP) is 2.71. The Bertz CT molecular complexity index is 997. The Balaban J connectivity index is 1.81. The van der Waals surface area contributed by atoms with Gasteiger partial charge in [0.05, 0.1) is 4.92 Å². The number of carbonyl (C=O) groups excluding carboxylic acids is 2. The number of rotatable bonds is 7. The van der Waals surface area contributed by atoms with Gasteiger partial charge in [0.1, 0.15) is 0 Å². The molecule has 0 atom stereocenters. The van der Waals surface area contributed by atoms with E-state index in [0.717, 1.165) is 0 Å². The van der Waals surface area contributed by atoms with E-state index in [1.54, 1.807) is 37.3 Å². The van der Waals surface area contributed by atoms with E-state index in [0.29, 0.717) is 17.8 Å². The summed E-state index contributed by atoms with van der Waals surface area (Å²) in [5.74, 6) is -0.786. The van der Waals surface area contributed by atoms with Gasteiger partial charge in [-0.3, -0.25) is 25.0 Å². The summed E-state index contributed by atoms with van der Waals surface area (Å²) in [4.78, 5) is 33.7. The minimum atomic E-state index is -0.595. The summed E-state index contributed by atoms with van der Waals surface area (Å²) < 4.78 is 5.21. The molecule has 162 valence electrons. The van der Waals surface area contributed by atoms with Crippen molar-refractivity contribution < 1.29 is 19.2 Å². The molecule has 2 rings (SSSR count). The molecule has 10 nitrogen and oxygen atoms in total. The molecular formula is C19H19N5O5S2. The van der Waals surface area contributed by atoms with Crippen LogP contribution in [0.25, 0.3) is 0 Å². The zero-order valence-electron chi connectivity index (χ0n) is 16.3. The number of carbonyl (C=O) groups is 2. The van der Waals surface area contributed by atoms with Gasteiger partial charge in [-0.2, -0.15) is 0 Å². The molecule has 0 unspecified atom stereocenters. The van der Waals surface area contributed by atoms with Gasteiger partial charge in [0.25, 0.3) is 5.91 Å². The SMILES string of the molecule is CCC(=O)NC(=S)Nc1ccc(NC(=S)NC(=O)COc2ccccc2[N+](=O)[O-])cc1. The van der Waals surface area contributed by atoms with Crippen molar-refractivity contribution in [2.45, 2.75) is 13.3 Å². The Morgan fingerprint density at radius 1 is 0.935 bits per heavy atom. The molecule has 0 aliphatic rings. The number of ether oxygens (including phenoxy) is 1. The Labute approximate surface area is 188 Å². The molecule has 12 heteroatoms. The van der Waals surface area contributed by atoms with E-state index in [4.69, 9.17) is 29.2 Å². The van der Waals surface area contributed by atoms with Gasteiger partial charge in [-0.05, 0) is 54.8 Å². The van der Waals surface area contributed by atoms with Gasteiger partial charge in [0, 0.05) is 23.9 Å². The third kappa shape index (κ3) is 7.95. The Kier molecular flexibility index (Phi) is 8.78. The maximum atomic E-state index is 12.0. The van der Waals surface area contributed by atoms with Gasteiger partial charge >= 0.3 is 5.69 Å². The van der Waals surface area contributed by atoms with Crippen molar-refractivity contribution in [2.75, 3.05) is 17.2 Å². The fourth-order valence-corrected chi connectivity index (χ4v) is 2.68. The maximum Gasteiger partial charge on any atom is 0.310 e. The lowest BCUT2D eigenvalue weighted by Gasteiger charge is -2.12. The van der Waals surface area contributed by atoms with Crippen LogP contribution in [-0.2, 0) is 9.59 Å². The number of benzene rings is 2. The van der Waals surface area contributed by atoms with Crippen LogP contribution in [0.2, 0.25) is 0 Å². The van der Waals surface area contributed by atoms with Gasteiger partial charge in [0.15, 0.2) is 22.6 Å². The number of nitrogens with zero attached hydrogens (tertiary/aromatic N) is 1. The zero-order valence-corrected chi connectivity index (χ0v) is 18.0. The number of para-hydroxylation sites is 2. The van der Waals surface area contributed by atoms with Gasteiger partial charge in [0.2, 0.25) is 5.91 Å². The number of amides is 2. The van der Waals surface area contributed by atoms with Gasteiger partial charge < -0.3 is 20.7 Å². The number of anilines is 2. The molecule has 0 fully saturated rings. The highest BCUT2D eigenvalue weighted by Gasteiger charge is 2.15. The third-order valence-corrected chi connectivity index (χ3v) is 4.06. The summed E-state index contributed by atoms with van der Waals surface area (Å²) in [7, 11) is 0. The first kappa shape index (κ1) is 23.6. The van der Waals surface area contributed by atoms with Crippen molar-refractivity contribution in [1.82, 2.24) is 10.6 Å². The number of hydrogen-bond donors (Lipinski definition) is 4. The van der Waals surface area contributed by atoms with Crippen molar-refractivity contribution in [3.63, 3.8) is 0 Å². The molecule has 0 heterocycles. The fourth-order valence-electron chi connectivity index (χ4n) is 2.21. The number of thiocarbonyl (C=S) groups is 2. The van der Waals surface area contributed by atoms with Gasteiger partial charge in [-0.25, -0.2) is 0 Å². The Morgan fingerprint density at radius 2 is 1.45 bits per heavy atom. The van der Waals surface area contributed by atoms with Crippen LogP contribution < -0.4 is 26.0 Å². The molecule has 2 amide bonds. The third-order valence-electron chi connectivity index (χ3n) is 3.65. The minimum absolute atomic E-state index is 0.0161. The summed E-state index contributed by atoms with van der Waals surface area (Å²) in [5, 5.41) is 21.8. The number of nitrogens with one attached hydrogen (secondary N) is 4. The minimum Gasteiger partial charge on any atom is -0.477 e. The average Bonchev–Trinajstić information content (AvgIpc) is 2.73. The van der Waals surface area contributed by atoms with Crippen molar-refractivity contribution in [1.29, 1.82) is 0 Å². The lowest BCUT2D eigenvalue weighted by atomic mass is 10.3. The molecule has 0 saturated carbocycles. The van der Waals surface area contributed by atoms with Crippen molar-refractivity contribution in [3.05, 3.63) is 58.6 Å². The standard InChI is InChI=1S/C19H19N5O5S2/c1-2-16(25)22-18(30)20-12-7-9-13(10-8-12)21-19(31)23-17(26)11-29-15-6-4-3-5-14(15)24(27)28/h3-10H,2,11H2,1H3,(H2,20,22,25,30)(H2,21,23,26,31). The van der Waals surface area contributed by atoms with Gasteiger partial charge in [-0.1, -0.05) is 19.1 Å². The lowest BCUT2D eigenvalue weighted by Crippen LogP contribution is -2.37. The molecule has 0 spiro atoms. The van der Waals surface area contributed by atoms with E-state index in [1.165, 1.54) is 18.2 Å². The topological polar surface area (TPSA) is 135 Å². The smallest absolute Gasteiger partial charge is 0.310 e. The van der Waals surface area contributed by atoms with E-state index >= 15 is 0 Å². The molecule has 0 aliphatic heterocycles. The van der Waals surface area contributed by atoms with Crippen LogP contribution in [0, 0.1) is 10.1 Å². The van der Waals surface area contributed by atoms with Crippen LogP contribution in [0.3, 0.4) is 0 Å². The monoisotopic (exact) mass is 461 g/mol. The number of nitro groups is 1. The normalized spacial score (nSPS) is 9.84. The Hall–Kier alpha value is -3.64. The van der Waals surface area contributed by atoms with Crippen LogP contribution in [0.15, 0.2) is 48.5 Å². The molecule has 0 aliphatic carbocycles. The molecular weight excluding hydrogens is 442 g/mol. The first-order valence-electron chi connectivity index (χ1n) is 8.96. The number of hydrogen-bond acceptors (Lipinski definition) is 7. The molecule has 2 aromatic carbocycles. The second-order valence-corrected chi connectivity index (χ2v) is 6.77. The van der Waals surface area contributed by atoms with E-state index in [9.17, 15) is 19.7 Å². The fraction of sp³-hybridized carbons (Fsp3) is 0.158. The van der Waals surface area contributed by atoms with E-state index in [1.807, 2.05) is 0 Å². The zero-order chi connectivity index (χ0) is 22.8. The molecule has 2 aromatic rings. The van der Waals surface area contributed by atoms with Crippen LogP contribution in [-0.4, -0.2) is 33.6 Å². The summed E-state index contributed by atoms with van der Waals surface area (Å²) in [6.45, 7) is 1.27. The lowest BCUT2D eigenvalue weighted by molar-refractivity contribution is -0.385. The number of nitro benzene ring substituents is 1. The van der Waals surface area contributed by atoms with E-state index in [2.05, 4.69) is 21.3 Å². The highest BCUT2D eigenvalue weighted by atomic mass is 32.1. The quantitative estimate of drug-likeness (QED) is 0.279. The predicted molar refractivity (Wildman–Crippen MR) is 124 cm³/mol. The summed E-state index contributed by atoms with van der Waals surface area (Å²) in [5.41, 5.74) is 1.01. The molecule has 0 saturated heterocycles. The van der Waals surface area contributed by atoms with E-state index in [-0.39, 0.29) is 27.6 Å². The van der Waals surface area contributed by atoms with Crippen LogP contribution in [0.1, 0.15) is 13.3 Å². The second-order valence-electron chi connectivity index (χ2n) is 5.95. The largest absolute Gasteiger partial charge is 0.477 e. The molecule has 4 N–H and O–H groups in total. The first-order chi connectivity index (χ1) is 14.8. The molecule has 31 heavy (non-hydrogen) atoms. The highest BCUT2D eigenvalue weighted by Crippen LogP contribution is 2.25. The van der Waals surface area contributed by atoms with Gasteiger partial charge in [-0.15, -0.1) is 0 Å². The molecule has 0 aromatic heterocycles. The summed E-state index contributed by atoms with van der Waals surface area (Å²) in [6.07, 6.45) is 0.321. The average molecular weight is 462 g/mol. The van der Waals surface area contributed by atoms with E-state index < -0.39 is 17.4 Å². The van der Waals surface area contributed by atoms with Crippen molar-refractivity contribution >= 4 is 63.5 Å². The summed E-state index contributed by atoms with van der Waals surface area (Å²) >= 11 is 10.1. The second kappa shape index (κ2) is 11.5. The summed E-state index contributed by atoms with van der Waals surface area (Å²) in [6, 6.07) is 12.5. The first-order valence-corrected chi connectivity index (χ1v) is 9.78. The Morgan fingerprint density at radius 3 is 1.97 bits per heavy atom. The molecule has 0 radical (unpaired) electrons. The van der Waals surface area contributed by atoms with Crippen molar-refractivity contribution in [2.24, 2.45) is 0 Å². The van der Waals surface area contributed by atoms with Crippen LogP contribution >= 0.6 is 24.4 Å². The van der Waals surface area contributed by atoms with Crippen LogP contribution in [0.5, 0.6) is 5.75 Å². The molecule has 0 bridgehead atoms. The highest BCUT2D eigenvalue weighted by molar-refractivity contribution is 7.80. The van der Waals surface area contributed by atoms with Crippen LogP contribution in [0.4, 0.5) is 17.1 Å². The maximum absolute atomic E-state index is 12.0. The van der Waals surface area contributed by atoms with Crippen molar-refractivity contribution in [3.8, 4) is 5.75 Å².